The van der Waals surface area contributed by atoms with Crippen LogP contribution in [-0.4, -0.2) is 56.4 Å². The fourth-order valence-electron chi connectivity index (χ4n) is 4.37. The Morgan fingerprint density at radius 1 is 0.930 bits per heavy atom. The third-order valence-electron chi connectivity index (χ3n) is 6.74. The number of aromatic nitrogens is 2. The van der Waals surface area contributed by atoms with E-state index in [0.717, 1.165) is 35.0 Å². The van der Waals surface area contributed by atoms with Gasteiger partial charge in [0.1, 0.15) is 18.5 Å². The fraction of sp³-hybridized carbons (Fsp3) is 0.281. The molecule has 3 amide bonds. The van der Waals surface area contributed by atoms with Crippen molar-refractivity contribution in [2.45, 2.75) is 51.9 Å². The van der Waals surface area contributed by atoms with Gasteiger partial charge in [-0.3, -0.25) is 9.59 Å². The molecule has 0 bridgehead atoms. The smallest absolute Gasteiger partial charge is 0.408 e. The van der Waals surface area contributed by atoms with Crippen molar-refractivity contribution in [2.24, 2.45) is 0 Å². The van der Waals surface area contributed by atoms with Crippen LogP contribution in [0.15, 0.2) is 78.9 Å². The number of amides is 3. The van der Waals surface area contributed by atoms with Gasteiger partial charge in [0.2, 0.25) is 5.91 Å². The number of hydrogen-bond donors (Lipinski definition) is 4. The zero-order chi connectivity index (χ0) is 30.6. The summed E-state index contributed by atoms with van der Waals surface area (Å²) in [5.74, 6) is -1.12. The molecule has 0 fully saturated rings. The molecule has 1 heterocycles. The van der Waals surface area contributed by atoms with Crippen LogP contribution in [0.5, 0.6) is 0 Å². The van der Waals surface area contributed by atoms with Gasteiger partial charge in [0.05, 0.1) is 17.6 Å². The zero-order valence-corrected chi connectivity index (χ0v) is 23.9. The third-order valence-corrected chi connectivity index (χ3v) is 6.74. The SMILES string of the molecule is CCCCC(=O)N(Cc1ccc(C(=O)NCC(NC(=O)OCc2ccccc2)C(=O)O)cc1)Cc1nc2ccccc2[nH]1. The number of para-hydroxylation sites is 2. The standard InChI is InChI=1S/C32H35N5O6/c1-2-3-13-29(38)37(20-28-34-25-11-7-8-12-26(25)35-28)19-22-14-16-24(17-15-22)30(39)33-18-27(31(40)41)36-32(42)43-21-23-9-5-4-6-10-23/h4-12,14-17,27H,2-3,13,18-21H2,1H3,(H,33,39)(H,34,35)(H,36,42)(H,40,41). The van der Waals surface area contributed by atoms with Crippen LogP contribution in [0.2, 0.25) is 0 Å². The number of unbranched alkanes of at least 4 members (excludes halogenated alkanes) is 1. The minimum absolute atomic E-state index is 0.0126. The summed E-state index contributed by atoms with van der Waals surface area (Å²) >= 11 is 0. The molecular formula is C32H35N5O6. The zero-order valence-electron chi connectivity index (χ0n) is 23.9. The van der Waals surface area contributed by atoms with E-state index in [2.05, 4.69) is 20.6 Å². The van der Waals surface area contributed by atoms with Crippen LogP contribution in [-0.2, 0) is 34.0 Å². The molecule has 0 radical (unpaired) electrons. The van der Waals surface area contributed by atoms with Crippen molar-refractivity contribution < 1.29 is 29.0 Å². The summed E-state index contributed by atoms with van der Waals surface area (Å²) < 4.78 is 5.08. The van der Waals surface area contributed by atoms with Gasteiger partial charge in [-0.2, -0.15) is 0 Å². The summed E-state index contributed by atoms with van der Waals surface area (Å²) in [6.07, 6.45) is 1.21. The Balaban J connectivity index is 1.33. The second-order valence-corrected chi connectivity index (χ2v) is 10.1. The second-order valence-electron chi connectivity index (χ2n) is 10.1. The molecule has 3 aromatic carbocycles. The summed E-state index contributed by atoms with van der Waals surface area (Å²) in [5, 5.41) is 14.3. The predicted octanol–water partition coefficient (Wildman–Crippen LogP) is 4.39. The molecular weight excluding hydrogens is 550 g/mol. The van der Waals surface area contributed by atoms with Crippen molar-refractivity contribution in [3.63, 3.8) is 0 Å². The van der Waals surface area contributed by atoms with Gasteiger partial charge in [0, 0.05) is 25.1 Å². The topological polar surface area (TPSA) is 154 Å². The first-order valence-electron chi connectivity index (χ1n) is 14.1. The van der Waals surface area contributed by atoms with Crippen LogP contribution in [0.25, 0.3) is 11.0 Å². The lowest BCUT2D eigenvalue weighted by Gasteiger charge is -2.22. The lowest BCUT2D eigenvalue weighted by atomic mass is 10.1. The average molecular weight is 586 g/mol. The van der Waals surface area contributed by atoms with Crippen LogP contribution in [0, 0.1) is 0 Å². The first-order valence-corrected chi connectivity index (χ1v) is 14.1. The van der Waals surface area contributed by atoms with E-state index in [-0.39, 0.29) is 19.1 Å². The van der Waals surface area contributed by atoms with E-state index in [1.54, 1.807) is 53.4 Å². The van der Waals surface area contributed by atoms with E-state index < -0.39 is 24.0 Å². The highest BCUT2D eigenvalue weighted by Crippen LogP contribution is 2.16. The number of imidazole rings is 1. The number of alkyl carbamates (subject to hydrolysis) is 1. The molecule has 1 atom stereocenters. The molecule has 43 heavy (non-hydrogen) atoms. The number of benzene rings is 3. The van der Waals surface area contributed by atoms with E-state index in [4.69, 9.17) is 4.74 Å². The minimum Gasteiger partial charge on any atom is -0.480 e. The van der Waals surface area contributed by atoms with Crippen LogP contribution < -0.4 is 10.6 Å². The van der Waals surface area contributed by atoms with Crippen LogP contribution in [0.3, 0.4) is 0 Å². The number of nitrogens with one attached hydrogen (secondary N) is 3. The van der Waals surface area contributed by atoms with E-state index in [9.17, 15) is 24.3 Å². The van der Waals surface area contributed by atoms with Gasteiger partial charge in [-0.1, -0.05) is 67.9 Å². The number of H-pyrrole nitrogens is 1. The molecule has 0 aliphatic carbocycles. The maximum Gasteiger partial charge on any atom is 0.408 e. The predicted molar refractivity (Wildman–Crippen MR) is 160 cm³/mol. The van der Waals surface area contributed by atoms with Crippen molar-refractivity contribution >= 4 is 34.9 Å². The monoisotopic (exact) mass is 585 g/mol. The molecule has 0 aliphatic heterocycles. The van der Waals surface area contributed by atoms with E-state index in [1.807, 2.05) is 37.3 Å². The van der Waals surface area contributed by atoms with Crippen LogP contribution in [0.1, 0.15) is 53.5 Å². The molecule has 224 valence electrons. The third kappa shape index (κ3) is 9.15. The second kappa shape index (κ2) is 15.2. The van der Waals surface area contributed by atoms with Crippen molar-refractivity contribution in [1.82, 2.24) is 25.5 Å². The van der Waals surface area contributed by atoms with Crippen molar-refractivity contribution in [3.05, 3.63) is 101 Å². The number of carbonyl (C=O) groups excluding carboxylic acids is 3. The number of carboxylic acids is 1. The Kier molecular flexibility index (Phi) is 10.8. The van der Waals surface area contributed by atoms with Gasteiger partial charge in [-0.25, -0.2) is 14.6 Å². The largest absolute Gasteiger partial charge is 0.480 e. The number of fused-ring (bicyclic) bond motifs is 1. The minimum atomic E-state index is -1.38. The molecule has 0 spiro atoms. The van der Waals surface area contributed by atoms with Gasteiger partial charge in [0.25, 0.3) is 5.91 Å². The Bertz CT molecular complexity index is 1500. The molecule has 1 aromatic heterocycles. The van der Waals surface area contributed by atoms with Gasteiger partial charge in [-0.05, 0) is 41.8 Å². The summed E-state index contributed by atoms with van der Waals surface area (Å²) in [6.45, 7) is 2.33. The molecule has 4 N–H and O–H groups in total. The van der Waals surface area contributed by atoms with Gasteiger partial charge in [-0.15, -0.1) is 0 Å². The van der Waals surface area contributed by atoms with Crippen molar-refractivity contribution in [2.75, 3.05) is 6.54 Å². The molecule has 4 rings (SSSR count). The van der Waals surface area contributed by atoms with Gasteiger partial charge < -0.3 is 30.4 Å². The first-order chi connectivity index (χ1) is 20.8. The first kappa shape index (κ1) is 30.8. The molecule has 0 saturated carbocycles. The number of ether oxygens (including phenoxy) is 1. The Labute approximate surface area is 249 Å². The molecule has 0 aliphatic rings. The normalized spacial score (nSPS) is 11.5. The number of hydrogen-bond acceptors (Lipinski definition) is 6. The lowest BCUT2D eigenvalue weighted by Crippen LogP contribution is -2.48. The van der Waals surface area contributed by atoms with Crippen LogP contribution in [0.4, 0.5) is 4.79 Å². The summed E-state index contributed by atoms with van der Waals surface area (Å²) in [6, 6.07) is 22.0. The number of rotatable bonds is 14. The lowest BCUT2D eigenvalue weighted by molar-refractivity contribution is -0.139. The Morgan fingerprint density at radius 2 is 1.65 bits per heavy atom. The molecule has 4 aromatic rings. The number of nitrogens with zero attached hydrogens (tertiary/aromatic N) is 2. The van der Waals surface area contributed by atoms with Crippen LogP contribution >= 0.6 is 0 Å². The van der Waals surface area contributed by atoms with Crippen molar-refractivity contribution in [1.29, 1.82) is 0 Å². The Morgan fingerprint density at radius 3 is 2.35 bits per heavy atom. The van der Waals surface area contributed by atoms with E-state index in [1.165, 1.54) is 0 Å². The number of aromatic amines is 1. The summed E-state index contributed by atoms with van der Waals surface area (Å²) in [7, 11) is 0. The molecule has 0 saturated heterocycles. The molecule has 11 heteroatoms. The maximum absolute atomic E-state index is 13.0. The van der Waals surface area contributed by atoms with Gasteiger partial charge in [0.15, 0.2) is 0 Å². The van der Waals surface area contributed by atoms with E-state index >= 15 is 0 Å². The number of aliphatic carboxylic acids is 1. The highest BCUT2D eigenvalue weighted by atomic mass is 16.5. The number of carbonyl (C=O) groups is 4. The summed E-state index contributed by atoms with van der Waals surface area (Å²) in [4.78, 5) is 59.1. The highest BCUT2D eigenvalue weighted by molar-refractivity contribution is 5.94. The average Bonchev–Trinajstić information content (AvgIpc) is 3.43. The quantitative estimate of drug-likeness (QED) is 0.171. The molecule has 11 nitrogen and oxygen atoms in total. The maximum atomic E-state index is 13.0. The molecule has 1 unspecified atom stereocenters. The Hall–Kier alpha value is -5.19. The summed E-state index contributed by atoms with van der Waals surface area (Å²) in [5.41, 5.74) is 3.62. The van der Waals surface area contributed by atoms with Crippen molar-refractivity contribution in [3.8, 4) is 0 Å². The highest BCUT2D eigenvalue weighted by Gasteiger charge is 2.22. The number of carboxylic acid groups (broad SMARTS) is 1. The van der Waals surface area contributed by atoms with Gasteiger partial charge >= 0.3 is 12.1 Å². The fourth-order valence-corrected chi connectivity index (χ4v) is 4.37. The van der Waals surface area contributed by atoms with E-state index in [0.29, 0.717) is 30.9 Å².